The standard InChI is InChI=1S/C15H20N2O4/c1-16-9-14(20)17(8-12(19)10-18)13(15(16)21)7-11-5-3-2-4-6-11/h2-6,12-13,18-19H,7-10H2,1H3/t12-,13+/m1/s1. The molecule has 6 nitrogen and oxygen atoms in total. The predicted molar refractivity (Wildman–Crippen MR) is 76.4 cm³/mol. The van der Waals surface area contributed by atoms with Gasteiger partial charge in [-0.1, -0.05) is 30.3 Å². The zero-order valence-corrected chi connectivity index (χ0v) is 12.0. The normalized spacial score (nSPS) is 20.8. The van der Waals surface area contributed by atoms with E-state index in [1.807, 2.05) is 30.3 Å². The van der Waals surface area contributed by atoms with Crippen LogP contribution in [-0.2, 0) is 16.0 Å². The van der Waals surface area contributed by atoms with Gasteiger partial charge >= 0.3 is 0 Å². The van der Waals surface area contributed by atoms with Crippen LogP contribution in [0.25, 0.3) is 0 Å². The molecule has 0 bridgehead atoms. The van der Waals surface area contributed by atoms with Crippen molar-refractivity contribution < 1.29 is 19.8 Å². The smallest absolute Gasteiger partial charge is 0.245 e. The fourth-order valence-corrected chi connectivity index (χ4v) is 2.48. The number of nitrogens with zero attached hydrogens (tertiary/aromatic N) is 2. The zero-order chi connectivity index (χ0) is 15.4. The molecule has 0 spiro atoms. The summed E-state index contributed by atoms with van der Waals surface area (Å²) < 4.78 is 0. The van der Waals surface area contributed by atoms with Gasteiger partial charge in [-0.25, -0.2) is 0 Å². The molecule has 1 aromatic carbocycles. The summed E-state index contributed by atoms with van der Waals surface area (Å²) in [5, 5.41) is 18.6. The van der Waals surface area contributed by atoms with Crippen LogP contribution in [0.4, 0.5) is 0 Å². The minimum atomic E-state index is -1.04. The summed E-state index contributed by atoms with van der Waals surface area (Å²) in [6.45, 7) is -0.472. The van der Waals surface area contributed by atoms with Gasteiger partial charge in [0, 0.05) is 20.0 Å². The van der Waals surface area contributed by atoms with Crippen molar-refractivity contribution in [3.8, 4) is 0 Å². The van der Waals surface area contributed by atoms with Crippen LogP contribution >= 0.6 is 0 Å². The van der Waals surface area contributed by atoms with Gasteiger partial charge in [-0.3, -0.25) is 9.59 Å². The third-order valence-corrected chi connectivity index (χ3v) is 3.62. The first-order valence-corrected chi connectivity index (χ1v) is 6.90. The zero-order valence-electron chi connectivity index (χ0n) is 12.0. The molecule has 2 rings (SSSR count). The summed E-state index contributed by atoms with van der Waals surface area (Å²) in [7, 11) is 1.60. The number of amides is 2. The van der Waals surface area contributed by atoms with Crippen LogP contribution in [0.1, 0.15) is 5.56 Å². The summed E-state index contributed by atoms with van der Waals surface area (Å²) in [6.07, 6.45) is -0.642. The van der Waals surface area contributed by atoms with E-state index in [2.05, 4.69) is 0 Å². The summed E-state index contributed by atoms with van der Waals surface area (Å²) in [5.41, 5.74) is 0.947. The highest BCUT2D eigenvalue weighted by Crippen LogP contribution is 2.17. The van der Waals surface area contributed by atoms with E-state index >= 15 is 0 Å². The van der Waals surface area contributed by atoms with Crippen LogP contribution in [0.5, 0.6) is 0 Å². The lowest BCUT2D eigenvalue weighted by Crippen LogP contribution is -2.61. The number of benzene rings is 1. The van der Waals surface area contributed by atoms with E-state index in [1.165, 1.54) is 9.80 Å². The third-order valence-electron chi connectivity index (χ3n) is 3.62. The van der Waals surface area contributed by atoms with Gasteiger partial charge in [0.1, 0.15) is 6.04 Å². The second kappa shape index (κ2) is 6.69. The molecule has 1 aliphatic rings. The summed E-state index contributed by atoms with van der Waals surface area (Å²) in [5.74, 6) is -0.367. The van der Waals surface area contributed by atoms with Crippen LogP contribution in [-0.4, -0.2) is 70.7 Å². The highest BCUT2D eigenvalue weighted by Gasteiger charge is 2.38. The molecule has 0 aliphatic carbocycles. The average molecular weight is 292 g/mol. The molecule has 21 heavy (non-hydrogen) atoms. The van der Waals surface area contributed by atoms with Crippen molar-refractivity contribution in [2.75, 3.05) is 26.7 Å². The molecule has 1 fully saturated rings. The molecule has 0 unspecified atom stereocenters. The summed E-state index contributed by atoms with van der Waals surface area (Å²) >= 11 is 0. The summed E-state index contributed by atoms with van der Waals surface area (Å²) in [4.78, 5) is 27.3. The fourth-order valence-electron chi connectivity index (χ4n) is 2.48. The molecule has 2 amide bonds. The third kappa shape index (κ3) is 3.59. The van der Waals surface area contributed by atoms with Gasteiger partial charge in [-0.15, -0.1) is 0 Å². The number of aliphatic hydroxyl groups excluding tert-OH is 2. The lowest BCUT2D eigenvalue weighted by molar-refractivity contribution is -0.156. The number of aliphatic hydroxyl groups is 2. The quantitative estimate of drug-likeness (QED) is 0.748. The van der Waals surface area contributed by atoms with E-state index in [-0.39, 0.29) is 24.9 Å². The molecule has 114 valence electrons. The number of β-amino-alcohol motifs (C(OH)–C–C–N with tert-alkyl or cyclic N) is 1. The highest BCUT2D eigenvalue weighted by molar-refractivity contribution is 5.94. The first kappa shape index (κ1) is 15.5. The molecule has 1 aromatic rings. The van der Waals surface area contributed by atoms with Gasteiger partial charge in [0.05, 0.1) is 19.3 Å². The Morgan fingerprint density at radius 1 is 1.29 bits per heavy atom. The Bertz CT molecular complexity index is 506. The van der Waals surface area contributed by atoms with Gasteiger partial charge in [0.25, 0.3) is 0 Å². The van der Waals surface area contributed by atoms with E-state index in [4.69, 9.17) is 5.11 Å². The van der Waals surface area contributed by atoms with Gasteiger partial charge in [-0.05, 0) is 5.56 Å². The second-order valence-electron chi connectivity index (χ2n) is 5.28. The van der Waals surface area contributed by atoms with E-state index in [0.717, 1.165) is 5.56 Å². The van der Waals surface area contributed by atoms with E-state index in [9.17, 15) is 14.7 Å². The lowest BCUT2D eigenvalue weighted by Gasteiger charge is -2.39. The Morgan fingerprint density at radius 2 is 1.95 bits per heavy atom. The van der Waals surface area contributed by atoms with Gasteiger partial charge in [-0.2, -0.15) is 0 Å². The number of carbonyl (C=O) groups is 2. The lowest BCUT2D eigenvalue weighted by atomic mass is 10.0. The van der Waals surface area contributed by atoms with E-state index in [0.29, 0.717) is 6.42 Å². The maximum absolute atomic E-state index is 12.3. The highest BCUT2D eigenvalue weighted by atomic mass is 16.3. The Morgan fingerprint density at radius 3 is 2.57 bits per heavy atom. The van der Waals surface area contributed by atoms with Crippen LogP contribution in [0.2, 0.25) is 0 Å². The van der Waals surface area contributed by atoms with Gasteiger partial charge < -0.3 is 20.0 Å². The second-order valence-corrected chi connectivity index (χ2v) is 5.28. The fraction of sp³-hybridized carbons (Fsp3) is 0.467. The van der Waals surface area contributed by atoms with E-state index in [1.54, 1.807) is 7.05 Å². The number of piperazine rings is 1. The van der Waals surface area contributed by atoms with Crippen molar-refractivity contribution in [2.45, 2.75) is 18.6 Å². The Hall–Kier alpha value is -1.92. The first-order chi connectivity index (χ1) is 10.0. The molecule has 1 heterocycles. The van der Waals surface area contributed by atoms with Gasteiger partial charge in [0.2, 0.25) is 11.8 Å². The van der Waals surface area contributed by atoms with Crippen molar-refractivity contribution in [1.82, 2.24) is 9.80 Å². The minimum Gasteiger partial charge on any atom is -0.394 e. The van der Waals surface area contributed by atoms with Crippen LogP contribution in [0, 0.1) is 0 Å². The number of hydrogen-bond donors (Lipinski definition) is 2. The SMILES string of the molecule is CN1CC(=O)N(C[C@@H](O)CO)[C@@H](Cc2ccccc2)C1=O. The van der Waals surface area contributed by atoms with Crippen molar-refractivity contribution in [3.05, 3.63) is 35.9 Å². The predicted octanol–water partition coefficient (Wildman–Crippen LogP) is -0.748. The number of likely N-dealkylation sites (N-methyl/N-ethyl adjacent to an activating group) is 1. The topological polar surface area (TPSA) is 81.1 Å². The minimum absolute atomic E-state index is 0.00225. The van der Waals surface area contributed by atoms with Gasteiger partial charge in [0.15, 0.2) is 0 Å². The Labute approximate surface area is 123 Å². The molecule has 2 N–H and O–H groups in total. The molecular formula is C15H20N2O4. The summed E-state index contributed by atoms with van der Waals surface area (Å²) in [6, 6.07) is 8.79. The van der Waals surface area contributed by atoms with Crippen molar-refractivity contribution in [1.29, 1.82) is 0 Å². The molecule has 1 aliphatic heterocycles. The van der Waals surface area contributed by atoms with Crippen molar-refractivity contribution >= 4 is 11.8 Å². The average Bonchev–Trinajstić information content (AvgIpc) is 2.49. The van der Waals surface area contributed by atoms with Crippen LogP contribution < -0.4 is 0 Å². The largest absolute Gasteiger partial charge is 0.394 e. The molecule has 2 atom stereocenters. The van der Waals surface area contributed by atoms with E-state index < -0.39 is 18.8 Å². The maximum atomic E-state index is 12.3. The van der Waals surface area contributed by atoms with Crippen molar-refractivity contribution in [3.63, 3.8) is 0 Å². The maximum Gasteiger partial charge on any atom is 0.245 e. The first-order valence-electron chi connectivity index (χ1n) is 6.90. The number of rotatable bonds is 5. The monoisotopic (exact) mass is 292 g/mol. The number of carbonyl (C=O) groups excluding carboxylic acids is 2. The van der Waals surface area contributed by atoms with Crippen molar-refractivity contribution in [2.24, 2.45) is 0 Å². The Kier molecular flexibility index (Phi) is 4.93. The molecule has 0 saturated carbocycles. The Balaban J connectivity index is 2.21. The van der Waals surface area contributed by atoms with Crippen LogP contribution in [0.15, 0.2) is 30.3 Å². The van der Waals surface area contributed by atoms with Crippen LogP contribution in [0.3, 0.4) is 0 Å². The molecule has 6 heteroatoms. The number of hydrogen-bond acceptors (Lipinski definition) is 4. The molecule has 0 aromatic heterocycles. The molecule has 0 radical (unpaired) electrons. The molecule has 1 saturated heterocycles. The molecular weight excluding hydrogens is 272 g/mol.